The lowest BCUT2D eigenvalue weighted by molar-refractivity contribution is -0.117. The molecule has 5 heteroatoms. The van der Waals surface area contributed by atoms with E-state index in [9.17, 15) is 9.59 Å². The molecule has 1 aliphatic rings. The number of hydrogen-bond acceptors (Lipinski definition) is 3. The van der Waals surface area contributed by atoms with E-state index in [4.69, 9.17) is 4.42 Å². The Balaban J connectivity index is 1.85. The molecule has 2 aromatic carbocycles. The molecule has 1 atom stereocenters. The Hall–Kier alpha value is -3.34. The first-order chi connectivity index (χ1) is 14.2. The number of benzene rings is 2. The maximum atomic E-state index is 12.6. The van der Waals surface area contributed by atoms with E-state index in [1.165, 1.54) is 11.8 Å². The molecule has 0 saturated heterocycles. The Morgan fingerprint density at radius 3 is 2.37 bits per heavy atom. The van der Waals surface area contributed by atoms with Gasteiger partial charge in [0.2, 0.25) is 5.91 Å². The van der Waals surface area contributed by atoms with Gasteiger partial charge in [0, 0.05) is 29.3 Å². The number of rotatable bonds is 3. The average molecular weight is 402 g/mol. The summed E-state index contributed by atoms with van der Waals surface area (Å²) in [5, 5.41) is 2.91. The van der Waals surface area contributed by atoms with Crippen LogP contribution in [-0.4, -0.2) is 17.4 Å². The number of nitrogens with one attached hydrogen (secondary N) is 1. The zero-order valence-corrected chi connectivity index (χ0v) is 17.7. The van der Waals surface area contributed by atoms with Crippen molar-refractivity contribution in [1.29, 1.82) is 0 Å². The van der Waals surface area contributed by atoms with Gasteiger partial charge in [0.25, 0.3) is 5.91 Å². The van der Waals surface area contributed by atoms with Crippen LogP contribution in [-0.2, 0) is 10.2 Å². The van der Waals surface area contributed by atoms with Gasteiger partial charge in [0.15, 0.2) is 5.76 Å². The van der Waals surface area contributed by atoms with Gasteiger partial charge < -0.3 is 14.6 Å². The highest BCUT2D eigenvalue weighted by molar-refractivity contribution is 6.03. The van der Waals surface area contributed by atoms with Crippen LogP contribution in [0.2, 0.25) is 0 Å². The van der Waals surface area contributed by atoms with E-state index in [2.05, 4.69) is 38.2 Å². The van der Waals surface area contributed by atoms with Crippen LogP contribution in [0.15, 0.2) is 71.3 Å². The molecule has 4 rings (SSSR count). The maximum absolute atomic E-state index is 12.6. The van der Waals surface area contributed by atoms with E-state index in [0.717, 1.165) is 17.7 Å². The van der Waals surface area contributed by atoms with Gasteiger partial charge in [-0.2, -0.15) is 0 Å². The van der Waals surface area contributed by atoms with Crippen LogP contribution >= 0.6 is 0 Å². The SMILES string of the molecule is CC(=O)N1c2ccc(NC(=O)c3ccco3)cc2C(C)(c2ccccc2)CC1(C)C. The van der Waals surface area contributed by atoms with Crippen LogP contribution in [0.3, 0.4) is 0 Å². The lowest BCUT2D eigenvalue weighted by atomic mass is 9.65. The zero-order chi connectivity index (χ0) is 21.5. The first kappa shape index (κ1) is 20.0. The molecule has 1 unspecified atom stereocenters. The van der Waals surface area contributed by atoms with E-state index in [0.29, 0.717) is 5.69 Å². The molecule has 3 aromatic rings. The van der Waals surface area contributed by atoms with Crippen molar-refractivity contribution in [3.8, 4) is 0 Å². The highest BCUT2D eigenvalue weighted by Gasteiger charge is 2.47. The Kier molecular flexibility index (Phi) is 4.77. The molecule has 1 N–H and O–H groups in total. The highest BCUT2D eigenvalue weighted by atomic mass is 16.3. The van der Waals surface area contributed by atoms with Gasteiger partial charge >= 0.3 is 0 Å². The second kappa shape index (κ2) is 7.17. The van der Waals surface area contributed by atoms with E-state index in [1.54, 1.807) is 19.1 Å². The molecule has 0 bridgehead atoms. The third-order valence-electron chi connectivity index (χ3n) is 5.95. The number of hydrogen-bond donors (Lipinski definition) is 1. The normalized spacial score (nSPS) is 19.8. The minimum absolute atomic E-state index is 0.00346. The number of fused-ring (bicyclic) bond motifs is 1. The van der Waals surface area contributed by atoms with Gasteiger partial charge in [-0.1, -0.05) is 37.3 Å². The molecule has 2 amide bonds. The summed E-state index contributed by atoms with van der Waals surface area (Å²) in [7, 11) is 0. The number of amides is 2. The lowest BCUT2D eigenvalue weighted by Crippen LogP contribution is -2.55. The third-order valence-corrected chi connectivity index (χ3v) is 5.95. The van der Waals surface area contributed by atoms with Crippen molar-refractivity contribution in [3.63, 3.8) is 0 Å². The van der Waals surface area contributed by atoms with Crippen molar-refractivity contribution in [2.45, 2.75) is 45.1 Å². The van der Waals surface area contributed by atoms with Crippen molar-refractivity contribution in [2.24, 2.45) is 0 Å². The van der Waals surface area contributed by atoms with Crippen LogP contribution in [0, 0.1) is 0 Å². The molecule has 0 aliphatic carbocycles. The fraction of sp³-hybridized carbons (Fsp3) is 0.280. The molecule has 30 heavy (non-hydrogen) atoms. The molecule has 0 radical (unpaired) electrons. The van der Waals surface area contributed by atoms with E-state index < -0.39 is 0 Å². The molecule has 0 spiro atoms. The summed E-state index contributed by atoms with van der Waals surface area (Å²) in [6, 6.07) is 19.4. The second-order valence-corrected chi connectivity index (χ2v) is 8.71. The molecular weight excluding hydrogens is 376 g/mol. The van der Waals surface area contributed by atoms with E-state index >= 15 is 0 Å². The highest BCUT2D eigenvalue weighted by Crippen LogP contribution is 2.51. The summed E-state index contributed by atoms with van der Waals surface area (Å²) in [5.74, 6) is -0.0466. The third kappa shape index (κ3) is 3.30. The van der Waals surface area contributed by atoms with Gasteiger partial charge in [0.05, 0.1) is 6.26 Å². The fourth-order valence-electron chi connectivity index (χ4n) is 4.88. The van der Waals surface area contributed by atoms with Crippen molar-refractivity contribution in [3.05, 3.63) is 83.8 Å². The van der Waals surface area contributed by atoms with Crippen molar-refractivity contribution in [2.75, 3.05) is 10.2 Å². The largest absolute Gasteiger partial charge is 0.459 e. The maximum Gasteiger partial charge on any atom is 0.291 e. The van der Waals surface area contributed by atoms with Crippen molar-refractivity contribution in [1.82, 2.24) is 0 Å². The monoisotopic (exact) mass is 402 g/mol. The van der Waals surface area contributed by atoms with Gasteiger partial charge in [0.1, 0.15) is 0 Å². The summed E-state index contributed by atoms with van der Waals surface area (Å²) in [5.41, 5.74) is 3.05. The Bertz CT molecular complexity index is 1090. The topological polar surface area (TPSA) is 62.6 Å². The van der Waals surface area contributed by atoms with Crippen LogP contribution < -0.4 is 10.2 Å². The quantitative estimate of drug-likeness (QED) is 0.640. The Morgan fingerprint density at radius 2 is 1.73 bits per heavy atom. The minimum atomic E-state index is -0.359. The first-order valence-electron chi connectivity index (χ1n) is 10.1. The fourth-order valence-corrected chi connectivity index (χ4v) is 4.88. The van der Waals surface area contributed by atoms with Crippen molar-refractivity contribution < 1.29 is 14.0 Å². The Morgan fingerprint density at radius 1 is 1.00 bits per heavy atom. The molecule has 2 heterocycles. The van der Waals surface area contributed by atoms with Crippen LogP contribution in [0.1, 0.15) is 55.8 Å². The predicted molar refractivity (Wildman–Crippen MR) is 118 cm³/mol. The zero-order valence-electron chi connectivity index (χ0n) is 17.7. The summed E-state index contributed by atoms with van der Waals surface area (Å²) >= 11 is 0. The summed E-state index contributed by atoms with van der Waals surface area (Å²) in [6.07, 6.45) is 2.23. The minimum Gasteiger partial charge on any atom is -0.459 e. The first-order valence-corrected chi connectivity index (χ1v) is 10.1. The molecule has 5 nitrogen and oxygen atoms in total. The molecule has 1 aliphatic heterocycles. The average Bonchev–Trinajstić information content (AvgIpc) is 3.23. The number of carbonyl (C=O) groups excluding carboxylic acids is 2. The second-order valence-electron chi connectivity index (χ2n) is 8.71. The standard InChI is InChI=1S/C25H26N2O3/c1-17(28)27-21-13-12-19(26-23(29)22-11-8-14-30-22)15-20(21)25(4,16-24(27,2)3)18-9-6-5-7-10-18/h5-15H,16H2,1-4H3,(H,26,29). The molecule has 154 valence electrons. The molecular formula is C25H26N2O3. The molecule has 1 aromatic heterocycles. The van der Waals surface area contributed by atoms with Gasteiger partial charge in [-0.15, -0.1) is 0 Å². The van der Waals surface area contributed by atoms with Crippen LogP contribution in [0.5, 0.6) is 0 Å². The van der Waals surface area contributed by atoms with E-state index in [1.807, 2.05) is 41.3 Å². The summed E-state index contributed by atoms with van der Waals surface area (Å²) in [6.45, 7) is 8.01. The van der Waals surface area contributed by atoms with Gasteiger partial charge in [-0.05, 0) is 61.7 Å². The van der Waals surface area contributed by atoms with Gasteiger partial charge in [-0.3, -0.25) is 9.59 Å². The number of anilines is 2. The van der Waals surface area contributed by atoms with Crippen LogP contribution in [0.4, 0.5) is 11.4 Å². The number of furan rings is 1. The lowest BCUT2D eigenvalue weighted by Gasteiger charge is -2.51. The van der Waals surface area contributed by atoms with Crippen LogP contribution in [0.25, 0.3) is 0 Å². The number of carbonyl (C=O) groups is 2. The summed E-state index contributed by atoms with van der Waals surface area (Å²) in [4.78, 5) is 26.9. The summed E-state index contributed by atoms with van der Waals surface area (Å²) < 4.78 is 5.20. The number of nitrogens with zero attached hydrogens (tertiary/aromatic N) is 1. The molecule has 0 saturated carbocycles. The van der Waals surface area contributed by atoms with E-state index in [-0.39, 0.29) is 28.5 Å². The predicted octanol–water partition coefficient (Wildman–Crippen LogP) is 5.37. The van der Waals surface area contributed by atoms with Crippen molar-refractivity contribution >= 4 is 23.2 Å². The Labute approximate surface area is 176 Å². The molecule has 0 fully saturated rings. The smallest absolute Gasteiger partial charge is 0.291 e. The van der Waals surface area contributed by atoms with Gasteiger partial charge in [-0.25, -0.2) is 0 Å².